The maximum atomic E-state index is 10.8. The molecule has 0 radical (unpaired) electrons. The van der Waals surface area contributed by atoms with Gasteiger partial charge in [0.1, 0.15) is 6.20 Å². The molecule has 8 nitrogen and oxygen atoms in total. The standard InChI is InChI=1S/C10H19N5O3/c1-13(6-7-18-3)5-4-11-10-9(15(16)17)8-14(2)12-10/h8H,4-7H2,1-3H3,(H,11,12). The molecule has 0 aliphatic rings. The molecule has 1 aromatic heterocycles. The van der Waals surface area contributed by atoms with E-state index in [2.05, 4.69) is 15.3 Å². The number of ether oxygens (including phenoxy) is 1. The first-order valence-electron chi connectivity index (χ1n) is 5.64. The largest absolute Gasteiger partial charge is 0.383 e. The number of nitrogens with one attached hydrogen (secondary N) is 1. The Hall–Kier alpha value is -1.67. The summed E-state index contributed by atoms with van der Waals surface area (Å²) in [5, 5.41) is 17.7. The van der Waals surface area contributed by atoms with E-state index in [0.29, 0.717) is 19.0 Å². The van der Waals surface area contributed by atoms with E-state index in [0.717, 1.165) is 13.1 Å². The topological polar surface area (TPSA) is 85.5 Å². The highest BCUT2D eigenvalue weighted by molar-refractivity contribution is 5.54. The van der Waals surface area contributed by atoms with E-state index in [1.165, 1.54) is 10.9 Å². The van der Waals surface area contributed by atoms with Crippen LogP contribution in [-0.2, 0) is 11.8 Å². The van der Waals surface area contributed by atoms with E-state index < -0.39 is 4.92 Å². The Morgan fingerprint density at radius 1 is 1.61 bits per heavy atom. The minimum atomic E-state index is -0.441. The molecule has 0 spiro atoms. The van der Waals surface area contributed by atoms with Crippen molar-refractivity contribution >= 4 is 11.5 Å². The van der Waals surface area contributed by atoms with Crippen LogP contribution in [0.3, 0.4) is 0 Å². The molecule has 0 fully saturated rings. The highest BCUT2D eigenvalue weighted by Gasteiger charge is 2.17. The zero-order valence-corrected chi connectivity index (χ0v) is 10.9. The van der Waals surface area contributed by atoms with Crippen LogP contribution >= 0.6 is 0 Å². The molecule has 1 rings (SSSR count). The number of aryl methyl sites for hydroxylation is 1. The van der Waals surface area contributed by atoms with Crippen molar-refractivity contribution < 1.29 is 9.66 Å². The molecule has 0 aliphatic carbocycles. The van der Waals surface area contributed by atoms with E-state index in [1.54, 1.807) is 14.2 Å². The third-order valence-corrected chi connectivity index (χ3v) is 2.47. The summed E-state index contributed by atoms with van der Waals surface area (Å²) in [5.41, 5.74) is -0.00274. The minimum Gasteiger partial charge on any atom is -0.383 e. The van der Waals surface area contributed by atoms with E-state index in [1.807, 2.05) is 7.05 Å². The lowest BCUT2D eigenvalue weighted by Gasteiger charge is -2.15. The van der Waals surface area contributed by atoms with Crippen molar-refractivity contribution in [3.8, 4) is 0 Å². The molecule has 1 heterocycles. The van der Waals surface area contributed by atoms with Crippen LogP contribution in [0.2, 0.25) is 0 Å². The van der Waals surface area contributed by atoms with Gasteiger partial charge in [-0.25, -0.2) is 0 Å². The molecule has 0 bridgehead atoms. The van der Waals surface area contributed by atoms with Crippen molar-refractivity contribution in [3.05, 3.63) is 16.3 Å². The average molecular weight is 257 g/mol. The second-order valence-corrected chi connectivity index (χ2v) is 4.02. The number of methoxy groups -OCH3 is 1. The zero-order chi connectivity index (χ0) is 13.5. The van der Waals surface area contributed by atoms with Crippen molar-refractivity contribution in [2.75, 3.05) is 45.7 Å². The summed E-state index contributed by atoms with van der Waals surface area (Å²) in [4.78, 5) is 12.4. The van der Waals surface area contributed by atoms with Gasteiger partial charge >= 0.3 is 5.69 Å². The summed E-state index contributed by atoms with van der Waals surface area (Å²) < 4.78 is 6.39. The molecule has 1 aromatic rings. The summed E-state index contributed by atoms with van der Waals surface area (Å²) in [6.45, 7) is 2.85. The molecule has 0 saturated heterocycles. The monoisotopic (exact) mass is 257 g/mol. The lowest BCUT2D eigenvalue weighted by atomic mass is 10.4. The first kappa shape index (κ1) is 14.4. The van der Waals surface area contributed by atoms with Gasteiger partial charge in [0, 0.05) is 33.8 Å². The van der Waals surface area contributed by atoms with Crippen LogP contribution in [0.1, 0.15) is 0 Å². The number of nitrogens with zero attached hydrogens (tertiary/aromatic N) is 4. The number of likely N-dealkylation sites (N-methyl/N-ethyl adjacent to an activating group) is 1. The molecule has 0 aromatic carbocycles. The van der Waals surface area contributed by atoms with Crippen LogP contribution in [0.25, 0.3) is 0 Å². The summed E-state index contributed by atoms with van der Waals surface area (Å²) in [6.07, 6.45) is 1.39. The minimum absolute atomic E-state index is 0.00274. The molecule has 0 amide bonds. The Labute approximate surface area is 106 Å². The summed E-state index contributed by atoms with van der Waals surface area (Å²) in [6, 6.07) is 0. The van der Waals surface area contributed by atoms with Crippen molar-refractivity contribution in [2.45, 2.75) is 0 Å². The Kier molecular flexibility index (Phi) is 5.53. The highest BCUT2D eigenvalue weighted by Crippen LogP contribution is 2.20. The molecule has 18 heavy (non-hydrogen) atoms. The third-order valence-electron chi connectivity index (χ3n) is 2.47. The Morgan fingerprint density at radius 2 is 2.33 bits per heavy atom. The van der Waals surface area contributed by atoms with Crippen LogP contribution in [-0.4, -0.2) is 60.0 Å². The van der Waals surface area contributed by atoms with Crippen molar-refractivity contribution in [3.63, 3.8) is 0 Å². The van der Waals surface area contributed by atoms with Crippen LogP contribution in [0, 0.1) is 10.1 Å². The van der Waals surface area contributed by atoms with E-state index in [4.69, 9.17) is 4.74 Å². The quantitative estimate of drug-likeness (QED) is 0.533. The molecular weight excluding hydrogens is 238 g/mol. The highest BCUT2D eigenvalue weighted by atomic mass is 16.6. The smallest absolute Gasteiger partial charge is 0.330 e. The summed E-state index contributed by atoms with van der Waals surface area (Å²) >= 11 is 0. The van der Waals surface area contributed by atoms with Gasteiger partial charge < -0.3 is 15.0 Å². The Morgan fingerprint density at radius 3 is 2.94 bits per heavy atom. The van der Waals surface area contributed by atoms with Gasteiger partial charge in [0.05, 0.1) is 11.5 Å². The first-order chi connectivity index (χ1) is 8.54. The van der Waals surface area contributed by atoms with E-state index >= 15 is 0 Å². The van der Waals surface area contributed by atoms with Gasteiger partial charge in [0.25, 0.3) is 0 Å². The summed E-state index contributed by atoms with van der Waals surface area (Å²) in [5.74, 6) is 0.308. The molecule has 102 valence electrons. The number of hydrogen-bond donors (Lipinski definition) is 1. The number of rotatable bonds is 8. The van der Waals surface area contributed by atoms with Crippen LogP contribution < -0.4 is 5.32 Å². The van der Waals surface area contributed by atoms with Gasteiger partial charge in [0.2, 0.25) is 5.82 Å². The maximum absolute atomic E-state index is 10.8. The molecule has 0 aliphatic heterocycles. The number of hydrogen-bond acceptors (Lipinski definition) is 6. The van der Waals surface area contributed by atoms with E-state index in [-0.39, 0.29) is 5.69 Å². The van der Waals surface area contributed by atoms with Crippen LogP contribution in [0.5, 0.6) is 0 Å². The number of nitro groups is 1. The number of anilines is 1. The third kappa shape index (κ3) is 4.30. The Balaban J connectivity index is 2.41. The SMILES string of the molecule is COCCN(C)CCNc1nn(C)cc1[N+](=O)[O-]. The van der Waals surface area contributed by atoms with Gasteiger partial charge in [-0.1, -0.05) is 0 Å². The molecule has 0 atom stereocenters. The molecule has 8 heteroatoms. The van der Waals surface area contributed by atoms with Gasteiger partial charge in [0.15, 0.2) is 0 Å². The second kappa shape index (κ2) is 6.92. The fourth-order valence-corrected chi connectivity index (χ4v) is 1.46. The molecule has 0 saturated carbocycles. The van der Waals surface area contributed by atoms with Gasteiger partial charge in [-0.3, -0.25) is 14.8 Å². The van der Waals surface area contributed by atoms with Crippen molar-refractivity contribution in [1.82, 2.24) is 14.7 Å². The van der Waals surface area contributed by atoms with Crippen LogP contribution in [0.15, 0.2) is 6.20 Å². The first-order valence-corrected chi connectivity index (χ1v) is 5.64. The average Bonchev–Trinajstić information content (AvgIpc) is 2.68. The van der Waals surface area contributed by atoms with E-state index in [9.17, 15) is 10.1 Å². The zero-order valence-electron chi connectivity index (χ0n) is 10.9. The Bertz CT molecular complexity index is 393. The lowest BCUT2D eigenvalue weighted by molar-refractivity contribution is -0.384. The maximum Gasteiger partial charge on any atom is 0.330 e. The normalized spacial score (nSPS) is 10.9. The van der Waals surface area contributed by atoms with Gasteiger partial charge in [-0.15, -0.1) is 5.10 Å². The predicted molar refractivity (Wildman–Crippen MR) is 67.7 cm³/mol. The van der Waals surface area contributed by atoms with Crippen molar-refractivity contribution in [2.24, 2.45) is 7.05 Å². The van der Waals surface area contributed by atoms with Crippen molar-refractivity contribution in [1.29, 1.82) is 0 Å². The fraction of sp³-hybridized carbons (Fsp3) is 0.700. The van der Waals surface area contributed by atoms with Crippen LogP contribution in [0.4, 0.5) is 11.5 Å². The fourth-order valence-electron chi connectivity index (χ4n) is 1.46. The molecule has 1 N–H and O–H groups in total. The predicted octanol–water partition coefficient (Wildman–Crippen LogP) is 0.318. The van der Waals surface area contributed by atoms with Gasteiger partial charge in [-0.2, -0.15) is 0 Å². The van der Waals surface area contributed by atoms with Gasteiger partial charge in [-0.05, 0) is 7.05 Å². The lowest BCUT2D eigenvalue weighted by Crippen LogP contribution is -2.28. The second-order valence-electron chi connectivity index (χ2n) is 4.02. The molecular formula is C10H19N5O3. The summed E-state index contributed by atoms with van der Waals surface area (Å²) in [7, 11) is 5.28. The number of aromatic nitrogens is 2. The molecule has 0 unspecified atom stereocenters.